The van der Waals surface area contributed by atoms with E-state index in [2.05, 4.69) is 0 Å². The van der Waals surface area contributed by atoms with E-state index < -0.39 is 30.4 Å². The molecular formula is C15H22N2O6. The van der Waals surface area contributed by atoms with E-state index in [1.165, 1.54) is 21.0 Å². The number of hydrogen-bond acceptors (Lipinski definition) is 6. The summed E-state index contributed by atoms with van der Waals surface area (Å²) in [7, 11) is 1.37. The van der Waals surface area contributed by atoms with Gasteiger partial charge in [-0.15, -0.1) is 0 Å². The number of carbonyl (C=O) groups excluding carboxylic acids is 2. The number of aliphatic hydroxyl groups excluding tert-OH is 1. The Morgan fingerprint density at radius 3 is 2.39 bits per heavy atom. The number of hydrogen-bond donors (Lipinski definition) is 2. The van der Waals surface area contributed by atoms with Gasteiger partial charge in [0.15, 0.2) is 11.8 Å². The first-order valence-corrected chi connectivity index (χ1v) is 6.95. The predicted octanol–water partition coefficient (Wildman–Crippen LogP) is 0.786. The Hall–Kier alpha value is -2.16. The Labute approximate surface area is 134 Å². The quantitative estimate of drug-likeness (QED) is 0.539. The molecule has 0 spiro atoms. The summed E-state index contributed by atoms with van der Waals surface area (Å²) in [6, 6.07) is 7.57. The summed E-state index contributed by atoms with van der Waals surface area (Å²) >= 11 is 0. The zero-order chi connectivity index (χ0) is 17.5. The minimum atomic E-state index is -1.40. The fraction of sp³-hybridized carbons (Fsp3) is 0.467. The van der Waals surface area contributed by atoms with Crippen LogP contribution in [0.3, 0.4) is 0 Å². The molecule has 0 aliphatic rings. The highest BCUT2D eigenvalue weighted by Crippen LogP contribution is 2.16. The fourth-order valence-electron chi connectivity index (χ4n) is 1.56. The monoisotopic (exact) mass is 326 g/mol. The lowest BCUT2D eigenvalue weighted by Gasteiger charge is -2.33. The molecule has 0 unspecified atom stereocenters. The number of nitrogens with zero attached hydrogens (tertiary/aromatic N) is 1. The third-order valence-electron chi connectivity index (χ3n) is 2.98. The summed E-state index contributed by atoms with van der Waals surface area (Å²) < 4.78 is 10.2. The number of aliphatic hydroxyl groups is 1. The first-order valence-electron chi connectivity index (χ1n) is 6.95. The van der Waals surface area contributed by atoms with E-state index in [1.54, 1.807) is 24.3 Å². The van der Waals surface area contributed by atoms with Gasteiger partial charge in [-0.05, 0) is 19.4 Å². The molecule has 0 aromatic heterocycles. The largest absolute Gasteiger partial charge is 0.443 e. The van der Waals surface area contributed by atoms with E-state index in [0.29, 0.717) is 5.06 Å². The van der Waals surface area contributed by atoms with E-state index >= 15 is 0 Å². The normalized spacial score (nSPS) is 12.5. The van der Waals surface area contributed by atoms with Gasteiger partial charge < -0.3 is 20.3 Å². The second-order valence-electron chi connectivity index (χ2n) is 5.16. The van der Waals surface area contributed by atoms with Gasteiger partial charge in [0.05, 0.1) is 6.61 Å². The van der Waals surface area contributed by atoms with E-state index in [4.69, 9.17) is 20.0 Å². The number of primary amides is 1. The molecule has 1 atom stereocenters. The third kappa shape index (κ3) is 5.85. The Balaban J connectivity index is 2.85. The standard InChI is InChI=1S/C15H22N2O6/c1-15(2,21-3)23-17(12(9-18)13(16)19)14(20)22-10-11-7-5-4-6-8-11/h4-8,12,18H,9-10H2,1-3H3,(H2,16,19)/t12-/m0/s1. The van der Waals surface area contributed by atoms with Crippen LogP contribution in [0.15, 0.2) is 30.3 Å². The lowest BCUT2D eigenvalue weighted by atomic mass is 10.2. The van der Waals surface area contributed by atoms with E-state index in [0.717, 1.165) is 5.56 Å². The van der Waals surface area contributed by atoms with Gasteiger partial charge in [-0.25, -0.2) is 9.63 Å². The van der Waals surface area contributed by atoms with Crippen LogP contribution in [0, 0.1) is 0 Å². The minimum absolute atomic E-state index is 0.0240. The van der Waals surface area contributed by atoms with Gasteiger partial charge >= 0.3 is 6.09 Å². The van der Waals surface area contributed by atoms with Crippen LogP contribution in [0.1, 0.15) is 19.4 Å². The molecule has 0 saturated heterocycles. The maximum Gasteiger partial charge on any atom is 0.435 e. The van der Waals surface area contributed by atoms with E-state index in [-0.39, 0.29) is 6.61 Å². The molecule has 1 aromatic carbocycles. The number of benzene rings is 1. The highest BCUT2D eigenvalue weighted by Gasteiger charge is 2.35. The second kappa shape index (κ2) is 8.47. The van der Waals surface area contributed by atoms with Crippen molar-refractivity contribution in [2.24, 2.45) is 5.73 Å². The van der Waals surface area contributed by atoms with Crippen molar-refractivity contribution in [3.8, 4) is 0 Å². The summed E-state index contributed by atoms with van der Waals surface area (Å²) in [6.45, 7) is 2.32. The van der Waals surface area contributed by atoms with Crippen molar-refractivity contribution in [1.82, 2.24) is 5.06 Å². The average molecular weight is 326 g/mol. The summed E-state index contributed by atoms with van der Waals surface area (Å²) in [4.78, 5) is 29.0. The number of methoxy groups -OCH3 is 1. The molecule has 0 fully saturated rings. The first-order chi connectivity index (χ1) is 10.8. The Kier molecular flexibility index (Phi) is 6.95. The van der Waals surface area contributed by atoms with Gasteiger partial charge in [-0.3, -0.25) is 4.79 Å². The molecule has 2 amide bonds. The molecular weight excluding hydrogens is 304 g/mol. The Morgan fingerprint density at radius 2 is 1.91 bits per heavy atom. The molecule has 0 saturated carbocycles. The molecule has 0 heterocycles. The molecule has 0 bridgehead atoms. The minimum Gasteiger partial charge on any atom is -0.443 e. The van der Waals surface area contributed by atoms with Crippen molar-refractivity contribution >= 4 is 12.0 Å². The van der Waals surface area contributed by atoms with Gasteiger partial charge in [0.1, 0.15) is 6.61 Å². The smallest absolute Gasteiger partial charge is 0.435 e. The van der Waals surface area contributed by atoms with Gasteiger partial charge in [0.2, 0.25) is 5.91 Å². The van der Waals surface area contributed by atoms with Crippen molar-refractivity contribution in [2.45, 2.75) is 32.3 Å². The zero-order valence-electron chi connectivity index (χ0n) is 13.4. The zero-order valence-corrected chi connectivity index (χ0v) is 13.4. The van der Waals surface area contributed by atoms with Crippen LogP contribution in [0.25, 0.3) is 0 Å². The third-order valence-corrected chi connectivity index (χ3v) is 2.98. The van der Waals surface area contributed by atoms with Gasteiger partial charge in [0.25, 0.3) is 0 Å². The average Bonchev–Trinajstić information content (AvgIpc) is 2.53. The molecule has 1 aromatic rings. The molecule has 3 N–H and O–H groups in total. The van der Waals surface area contributed by atoms with Crippen molar-refractivity contribution in [3.63, 3.8) is 0 Å². The van der Waals surface area contributed by atoms with Crippen molar-refractivity contribution in [1.29, 1.82) is 0 Å². The van der Waals surface area contributed by atoms with Crippen LogP contribution in [0.2, 0.25) is 0 Å². The molecule has 128 valence electrons. The highest BCUT2D eigenvalue weighted by atomic mass is 16.8. The molecule has 8 nitrogen and oxygen atoms in total. The number of rotatable bonds is 8. The van der Waals surface area contributed by atoms with Crippen LogP contribution >= 0.6 is 0 Å². The van der Waals surface area contributed by atoms with Crippen LogP contribution in [-0.2, 0) is 25.7 Å². The molecule has 8 heteroatoms. The summed E-state index contributed by atoms with van der Waals surface area (Å²) in [6.07, 6.45) is -0.961. The number of nitrogens with two attached hydrogens (primary N) is 1. The maximum atomic E-state index is 12.2. The van der Waals surface area contributed by atoms with Crippen molar-refractivity contribution in [2.75, 3.05) is 13.7 Å². The number of amides is 2. The molecule has 1 rings (SSSR count). The lowest BCUT2D eigenvalue weighted by molar-refractivity contribution is -0.316. The summed E-state index contributed by atoms with van der Waals surface area (Å²) in [5, 5.41) is 9.89. The number of carbonyl (C=O) groups is 2. The van der Waals surface area contributed by atoms with Crippen LogP contribution in [-0.4, -0.2) is 47.7 Å². The number of ether oxygens (including phenoxy) is 2. The summed E-state index contributed by atoms with van der Waals surface area (Å²) in [5.74, 6) is -2.16. The molecule has 0 aliphatic heterocycles. The van der Waals surface area contributed by atoms with Gasteiger partial charge in [0, 0.05) is 7.11 Å². The first kappa shape index (κ1) is 18.9. The summed E-state index contributed by atoms with van der Waals surface area (Å²) in [5.41, 5.74) is 5.94. The van der Waals surface area contributed by atoms with Crippen LogP contribution in [0.5, 0.6) is 0 Å². The maximum absolute atomic E-state index is 12.2. The molecule has 0 radical (unpaired) electrons. The Morgan fingerprint density at radius 1 is 1.30 bits per heavy atom. The van der Waals surface area contributed by atoms with Crippen LogP contribution < -0.4 is 5.73 Å². The lowest BCUT2D eigenvalue weighted by Crippen LogP contribution is -2.53. The molecule has 0 aliphatic carbocycles. The topological polar surface area (TPSA) is 111 Å². The molecule has 23 heavy (non-hydrogen) atoms. The van der Waals surface area contributed by atoms with E-state index in [9.17, 15) is 14.7 Å². The number of hydroxylamine groups is 2. The highest BCUT2D eigenvalue weighted by molar-refractivity contribution is 5.83. The SMILES string of the molecule is COC(C)(C)ON(C(=O)OCc1ccccc1)[C@@H](CO)C(N)=O. The fourth-order valence-corrected chi connectivity index (χ4v) is 1.56. The van der Waals surface area contributed by atoms with Crippen LogP contribution in [0.4, 0.5) is 4.79 Å². The predicted molar refractivity (Wildman–Crippen MR) is 80.7 cm³/mol. The van der Waals surface area contributed by atoms with E-state index in [1.807, 2.05) is 6.07 Å². The van der Waals surface area contributed by atoms with Crippen molar-refractivity contribution < 1.29 is 29.0 Å². The van der Waals surface area contributed by atoms with Gasteiger partial charge in [-0.2, -0.15) is 5.06 Å². The van der Waals surface area contributed by atoms with Gasteiger partial charge in [-0.1, -0.05) is 30.3 Å². The van der Waals surface area contributed by atoms with Crippen molar-refractivity contribution in [3.05, 3.63) is 35.9 Å². The Bertz CT molecular complexity index is 520. The second-order valence-corrected chi connectivity index (χ2v) is 5.16.